The molecule has 0 aliphatic carbocycles. The Balaban J connectivity index is 2.28. The zero-order valence-electron chi connectivity index (χ0n) is 4.75. The van der Waals surface area contributed by atoms with Gasteiger partial charge in [-0.15, -0.1) is 11.8 Å². The summed E-state index contributed by atoms with van der Waals surface area (Å²) in [6.07, 6.45) is 0. The quantitative estimate of drug-likeness (QED) is 0.350. The van der Waals surface area contributed by atoms with Gasteiger partial charge < -0.3 is 0 Å². The van der Waals surface area contributed by atoms with Crippen molar-refractivity contribution < 1.29 is 0 Å². The second-order valence-corrected chi connectivity index (χ2v) is 6.12. The molecule has 0 nitrogen and oxygen atoms in total. The van der Waals surface area contributed by atoms with Crippen molar-refractivity contribution in [3.8, 4) is 0 Å². The minimum atomic E-state index is 1.02. The third kappa shape index (κ3) is 1.08. The molecule has 0 saturated carbocycles. The summed E-state index contributed by atoms with van der Waals surface area (Å²) >= 11 is 11.9. The highest BCUT2D eigenvalue weighted by Crippen LogP contribution is 2.53. The van der Waals surface area contributed by atoms with Gasteiger partial charge in [0.2, 0.25) is 0 Å². The van der Waals surface area contributed by atoms with E-state index in [2.05, 4.69) is 0 Å². The highest BCUT2D eigenvalue weighted by Gasteiger charge is 2.30. The molecule has 2 aliphatic rings. The Morgan fingerprint density at radius 1 is 1.10 bits per heavy atom. The van der Waals surface area contributed by atoms with Crippen molar-refractivity contribution in [1.29, 1.82) is 0 Å². The van der Waals surface area contributed by atoms with Gasteiger partial charge in [0.1, 0.15) is 0 Å². The van der Waals surface area contributed by atoms with Gasteiger partial charge in [-0.1, -0.05) is 24.4 Å². The summed E-state index contributed by atoms with van der Waals surface area (Å²) in [6.45, 7) is 0. The summed E-state index contributed by atoms with van der Waals surface area (Å²) in [4.78, 5) is 3.61. The minimum Gasteiger partial charge on any atom is -0.118 e. The third-order valence-electron chi connectivity index (χ3n) is 1.19. The van der Waals surface area contributed by atoms with Crippen LogP contribution in [0.25, 0.3) is 0 Å². The van der Waals surface area contributed by atoms with E-state index >= 15 is 0 Å². The molecule has 52 valence electrons. The van der Waals surface area contributed by atoms with Crippen LogP contribution in [0, 0.1) is 0 Å². The lowest BCUT2D eigenvalue weighted by Gasteiger charge is -2.26. The Bertz CT molecular complexity index is 225. The first-order valence-corrected chi connectivity index (χ1v) is 6.53. The summed E-state index contributed by atoms with van der Waals surface area (Å²) in [5.41, 5.74) is 0. The molecule has 2 aliphatic heterocycles. The van der Waals surface area contributed by atoms with Crippen LogP contribution in [0.4, 0.5) is 0 Å². The van der Waals surface area contributed by atoms with E-state index in [0.717, 1.165) is 14.8 Å². The number of thioether (sulfide) groups is 1. The van der Waals surface area contributed by atoms with Crippen molar-refractivity contribution in [2.45, 2.75) is 0 Å². The molecule has 2 rings (SSSR count). The van der Waals surface area contributed by atoms with Gasteiger partial charge in [0.05, 0.1) is 9.10 Å². The van der Waals surface area contributed by atoms with Crippen LogP contribution in [0.3, 0.4) is 0 Å². The van der Waals surface area contributed by atoms with Gasteiger partial charge in [-0.2, -0.15) is 0 Å². The molecule has 0 atom stereocenters. The van der Waals surface area contributed by atoms with Gasteiger partial charge in [0.15, 0.2) is 0 Å². The standard InChI is InChI=1S/C5H2S5/c6-2-1-8-3(2)4-5(7)10-9-4/h1H2/b4-3-. The summed E-state index contributed by atoms with van der Waals surface area (Å²) in [6, 6.07) is 0. The lowest BCUT2D eigenvalue weighted by atomic mass is 10.4. The second kappa shape index (κ2) is 2.79. The van der Waals surface area contributed by atoms with E-state index in [-0.39, 0.29) is 0 Å². The minimum absolute atomic E-state index is 1.02. The Labute approximate surface area is 82.0 Å². The van der Waals surface area contributed by atoms with Crippen LogP contribution >= 0.6 is 57.8 Å². The van der Waals surface area contributed by atoms with Gasteiger partial charge in [0, 0.05) is 15.5 Å². The van der Waals surface area contributed by atoms with Crippen LogP contribution in [0.15, 0.2) is 9.81 Å². The fourth-order valence-corrected chi connectivity index (χ4v) is 4.60. The molecule has 5 heteroatoms. The number of thiocarbonyl (C=S) groups is 2. The molecule has 2 fully saturated rings. The van der Waals surface area contributed by atoms with Crippen molar-refractivity contribution in [3.63, 3.8) is 0 Å². The predicted molar refractivity (Wildman–Crippen MR) is 59.9 cm³/mol. The number of hydrogen-bond donors (Lipinski definition) is 0. The first kappa shape index (κ1) is 7.61. The van der Waals surface area contributed by atoms with Crippen LogP contribution in [-0.2, 0) is 0 Å². The molecule has 0 radical (unpaired) electrons. The van der Waals surface area contributed by atoms with E-state index in [1.54, 1.807) is 21.6 Å². The van der Waals surface area contributed by atoms with Crippen molar-refractivity contribution in [2.75, 3.05) is 5.75 Å². The average Bonchev–Trinajstić information content (AvgIpc) is 1.93. The van der Waals surface area contributed by atoms with Crippen molar-refractivity contribution in [3.05, 3.63) is 9.81 Å². The lowest BCUT2D eigenvalue weighted by molar-refractivity contribution is 1.88. The molecule has 10 heavy (non-hydrogen) atoms. The van der Waals surface area contributed by atoms with Crippen molar-refractivity contribution in [1.82, 2.24) is 0 Å². The highest BCUT2D eigenvalue weighted by atomic mass is 33.1. The van der Waals surface area contributed by atoms with E-state index in [0.29, 0.717) is 0 Å². The maximum atomic E-state index is 5.07. The van der Waals surface area contributed by atoms with Gasteiger partial charge in [-0.05, 0) is 21.6 Å². The maximum Gasteiger partial charge on any atom is 0.0972 e. The third-order valence-corrected chi connectivity index (χ3v) is 6.45. The van der Waals surface area contributed by atoms with E-state index in [4.69, 9.17) is 24.4 Å². The normalized spacial score (nSPS) is 31.6. The van der Waals surface area contributed by atoms with Crippen LogP contribution in [0.2, 0.25) is 0 Å². The maximum absolute atomic E-state index is 5.07. The van der Waals surface area contributed by atoms with Crippen LogP contribution < -0.4 is 0 Å². The SMILES string of the molecule is S=C1CS/C1=C1\SSC1=S. The molecule has 0 spiro atoms. The lowest BCUT2D eigenvalue weighted by Crippen LogP contribution is -2.17. The van der Waals surface area contributed by atoms with Gasteiger partial charge in [-0.25, -0.2) is 0 Å². The van der Waals surface area contributed by atoms with E-state index in [1.165, 1.54) is 9.81 Å². The molecule has 0 bridgehead atoms. The van der Waals surface area contributed by atoms with Crippen LogP contribution in [-0.4, -0.2) is 14.8 Å². The topological polar surface area (TPSA) is 0 Å². The van der Waals surface area contributed by atoms with Crippen molar-refractivity contribution >= 4 is 66.8 Å². The van der Waals surface area contributed by atoms with Gasteiger partial charge in [0.25, 0.3) is 0 Å². The number of hydrogen-bond acceptors (Lipinski definition) is 5. The van der Waals surface area contributed by atoms with E-state index in [1.807, 2.05) is 11.8 Å². The summed E-state index contributed by atoms with van der Waals surface area (Å²) in [7, 11) is 3.41. The molecule has 0 N–H and O–H groups in total. The predicted octanol–water partition coefficient (Wildman–Crippen LogP) is 3.04. The Kier molecular flexibility index (Phi) is 2.12. The molecule has 0 aromatic heterocycles. The summed E-state index contributed by atoms with van der Waals surface area (Å²) < 4.78 is 1.02. The van der Waals surface area contributed by atoms with Crippen molar-refractivity contribution in [2.24, 2.45) is 0 Å². The zero-order chi connectivity index (χ0) is 7.14. The molecule has 0 aromatic carbocycles. The van der Waals surface area contributed by atoms with Gasteiger partial charge >= 0.3 is 0 Å². The fourth-order valence-electron chi connectivity index (χ4n) is 0.643. The molecule has 0 aromatic rings. The molecule has 2 saturated heterocycles. The first-order chi connectivity index (χ1) is 4.79. The number of rotatable bonds is 0. The first-order valence-electron chi connectivity index (χ1n) is 2.58. The smallest absolute Gasteiger partial charge is 0.0972 e. The summed E-state index contributed by atoms with van der Waals surface area (Å²) in [5.74, 6) is 1.02. The van der Waals surface area contributed by atoms with E-state index < -0.39 is 0 Å². The Morgan fingerprint density at radius 2 is 1.90 bits per heavy atom. The molecule has 0 amide bonds. The average molecular weight is 222 g/mol. The highest BCUT2D eigenvalue weighted by molar-refractivity contribution is 8.90. The fraction of sp³-hybridized carbons (Fsp3) is 0.200. The molecule has 2 heterocycles. The summed E-state index contributed by atoms with van der Waals surface area (Å²) in [5, 5.41) is 0. The molecule has 0 unspecified atom stereocenters. The zero-order valence-corrected chi connectivity index (χ0v) is 8.83. The second-order valence-electron chi connectivity index (χ2n) is 1.82. The van der Waals surface area contributed by atoms with Gasteiger partial charge in [-0.3, -0.25) is 0 Å². The monoisotopic (exact) mass is 222 g/mol. The molecular formula is C5H2S5. The van der Waals surface area contributed by atoms with E-state index in [9.17, 15) is 0 Å². The van der Waals surface area contributed by atoms with Crippen LogP contribution in [0.5, 0.6) is 0 Å². The largest absolute Gasteiger partial charge is 0.118 e. The van der Waals surface area contributed by atoms with Crippen LogP contribution in [0.1, 0.15) is 0 Å². The number of allylic oxidation sites excluding steroid dienone is 1. The Hall–Kier alpha value is 0.970. The Morgan fingerprint density at radius 3 is 2.00 bits per heavy atom. The molecular weight excluding hydrogens is 220 g/mol.